The number of allylic oxidation sites excluding steroid dienone is 2. The number of piperidine rings is 2. The van der Waals surface area contributed by atoms with Crippen LogP contribution < -0.4 is 10.6 Å². The molecule has 2 amide bonds. The largest absolute Gasteiger partial charge is 0.423 e. The van der Waals surface area contributed by atoms with Crippen molar-refractivity contribution in [3.05, 3.63) is 59.4 Å². The number of cyclic esters (lactones) is 1. The molecule has 9 rings (SSSR count). The number of anilines is 1. The van der Waals surface area contributed by atoms with Gasteiger partial charge >= 0.3 is 5.97 Å². The Labute approximate surface area is 345 Å². The number of fused-ring (bicyclic) bond motifs is 1. The zero-order valence-corrected chi connectivity index (χ0v) is 34.0. The number of benzene rings is 1. The molecular formula is C44H60N4O11. The quantitative estimate of drug-likeness (QED) is 0.0692. The van der Waals surface area contributed by atoms with E-state index in [-0.39, 0.29) is 48.1 Å². The highest BCUT2D eigenvalue weighted by Gasteiger charge is 2.59. The predicted molar refractivity (Wildman–Crippen MR) is 215 cm³/mol. The first-order valence-corrected chi connectivity index (χ1v) is 21.2. The summed E-state index contributed by atoms with van der Waals surface area (Å²) in [7, 11) is 0. The number of carbonyl (C=O) groups is 3. The Morgan fingerprint density at radius 3 is 2.34 bits per heavy atom. The Morgan fingerprint density at radius 1 is 0.983 bits per heavy atom. The average molecular weight is 821 g/mol. The molecule has 59 heavy (non-hydrogen) atoms. The Bertz CT molecular complexity index is 1820. The van der Waals surface area contributed by atoms with Gasteiger partial charge in [-0.25, -0.2) is 4.79 Å². The summed E-state index contributed by atoms with van der Waals surface area (Å²) in [5.41, 5.74) is 1.97. The molecule has 15 nitrogen and oxygen atoms in total. The molecule has 6 heterocycles. The summed E-state index contributed by atoms with van der Waals surface area (Å²) in [6, 6.07) is 7.23. The normalized spacial score (nSPS) is 42.0. The van der Waals surface area contributed by atoms with Gasteiger partial charge in [0.05, 0.1) is 26.0 Å². The number of amides is 2. The van der Waals surface area contributed by atoms with Crippen molar-refractivity contribution in [2.75, 3.05) is 51.4 Å². The summed E-state index contributed by atoms with van der Waals surface area (Å²) in [6.45, 7) is 12.9. The van der Waals surface area contributed by atoms with E-state index >= 15 is 0 Å². The number of nitrogens with one attached hydrogen (secondary N) is 2. The van der Waals surface area contributed by atoms with Crippen molar-refractivity contribution in [3.8, 4) is 0 Å². The lowest BCUT2D eigenvalue weighted by Crippen LogP contribution is -2.71. The first-order valence-electron chi connectivity index (χ1n) is 21.2. The van der Waals surface area contributed by atoms with Gasteiger partial charge in [-0.05, 0) is 85.6 Å². The van der Waals surface area contributed by atoms with E-state index in [0.29, 0.717) is 48.1 Å². The standard InChI is InChI=1S/C44H60N4O11/c1-24-4-11-33-43(2,13-12-34(44(33,3)22-50)59-42-40(55)39(54)38(53)32(21-49)58-42)31(24)10-7-26-15-30(57-41(26)56)14-25-5-8-29(9-6-25)45-35(51)16-36(52)46-37-27-17-47-19-28(37)20-48(18-27)23-47/h5-6,8-9,14-15,27-28,31-34,37-40,42,49-50,53-55H,1,4,7,10-13,16-23H2,2-3H3,(H,45,51)(H,46,52)/t27?,28?,31?,32?,33?,34-,37?,38?,39?,40?,42?,43-,44+/m1/s1. The highest BCUT2D eigenvalue weighted by atomic mass is 16.7. The highest BCUT2D eigenvalue weighted by molar-refractivity contribution is 6.03. The van der Waals surface area contributed by atoms with Crippen molar-refractivity contribution in [3.63, 3.8) is 0 Å². The Balaban J connectivity index is 0.856. The van der Waals surface area contributed by atoms with Gasteiger partial charge in [0, 0.05) is 60.7 Å². The molecule has 8 aliphatic rings. The molecule has 2 saturated carbocycles. The number of hydrogen-bond donors (Lipinski definition) is 7. The third kappa shape index (κ3) is 8.18. The zero-order valence-electron chi connectivity index (χ0n) is 34.0. The molecule has 2 aliphatic carbocycles. The molecule has 0 radical (unpaired) electrons. The maximum atomic E-state index is 13.1. The fourth-order valence-electron chi connectivity index (χ4n) is 11.9. The molecule has 15 heteroatoms. The lowest BCUT2D eigenvalue weighted by molar-refractivity contribution is -0.330. The molecule has 1 aromatic carbocycles. The number of aliphatic hydroxyl groups is 5. The molecule has 7 unspecified atom stereocenters. The van der Waals surface area contributed by atoms with E-state index in [0.717, 1.165) is 63.2 Å². The molecule has 7 fully saturated rings. The Hall–Kier alpha value is -3.51. The van der Waals surface area contributed by atoms with Gasteiger partial charge in [-0.15, -0.1) is 0 Å². The number of carbonyl (C=O) groups excluding carboxylic acids is 3. The van der Waals surface area contributed by atoms with Crippen molar-refractivity contribution in [2.45, 2.75) is 102 Å². The number of nitrogens with zero attached hydrogens (tertiary/aromatic N) is 2. The van der Waals surface area contributed by atoms with Crippen molar-refractivity contribution in [2.24, 2.45) is 34.5 Å². The number of hydrogen-bond acceptors (Lipinski definition) is 13. The van der Waals surface area contributed by atoms with Gasteiger partial charge < -0.3 is 50.4 Å². The number of aliphatic hydroxyl groups excluding tert-OH is 5. The molecule has 0 aromatic heterocycles. The lowest BCUT2D eigenvalue weighted by atomic mass is 9.46. The fraction of sp³-hybridized carbons (Fsp3) is 0.659. The van der Waals surface area contributed by atoms with E-state index < -0.39 is 54.8 Å². The van der Waals surface area contributed by atoms with E-state index in [9.17, 15) is 39.9 Å². The molecule has 5 saturated heterocycles. The maximum Gasteiger partial charge on any atom is 0.339 e. The molecular weight excluding hydrogens is 761 g/mol. The van der Waals surface area contributed by atoms with Gasteiger partial charge in [-0.3, -0.25) is 19.4 Å². The third-order valence-corrected chi connectivity index (χ3v) is 14.8. The van der Waals surface area contributed by atoms with Crippen LogP contribution in [0.3, 0.4) is 0 Å². The molecule has 0 spiro atoms. The minimum absolute atomic E-state index is 0.00676. The van der Waals surface area contributed by atoms with Crippen LogP contribution in [0.15, 0.2) is 53.8 Å². The van der Waals surface area contributed by atoms with E-state index in [2.05, 4.69) is 33.9 Å². The van der Waals surface area contributed by atoms with Crippen molar-refractivity contribution >= 4 is 29.5 Å². The predicted octanol–water partition coefficient (Wildman–Crippen LogP) is 1.51. The van der Waals surface area contributed by atoms with Crippen molar-refractivity contribution < 1.29 is 54.1 Å². The first kappa shape index (κ1) is 42.2. The van der Waals surface area contributed by atoms with Gasteiger partial charge in [0.15, 0.2) is 6.29 Å². The second-order valence-electron chi connectivity index (χ2n) is 18.7. The lowest BCUT2D eigenvalue weighted by Gasteiger charge is -2.61. The monoisotopic (exact) mass is 820 g/mol. The van der Waals surface area contributed by atoms with Crippen LogP contribution in [0.5, 0.6) is 0 Å². The Morgan fingerprint density at radius 2 is 1.68 bits per heavy atom. The van der Waals surface area contributed by atoms with Crippen LogP contribution in [0.4, 0.5) is 5.69 Å². The number of ether oxygens (including phenoxy) is 3. The molecule has 7 N–H and O–H groups in total. The van der Waals surface area contributed by atoms with Crippen LogP contribution >= 0.6 is 0 Å². The Kier molecular flexibility index (Phi) is 12.0. The average Bonchev–Trinajstić information content (AvgIpc) is 3.55. The van der Waals surface area contributed by atoms with E-state index in [1.165, 1.54) is 0 Å². The smallest absolute Gasteiger partial charge is 0.339 e. The van der Waals surface area contributed by atoms with Gasteiger partial charge in [0.25, 0.3) is 0 Å². The van der Waals surface area contributed by atoms with Crippen LogP contribution in [0.2, 0.25) is 0 Å². The summed E-state index contributed by atoms with van der Waals surface area (Å²) >= 11 is 0. The summed E-state index contributed by atoms with van der Waals surface area (Å²) in [4.78, 5) is 43.5. The van der Waals surface area contributed by atoms with Crippen LogP contribution in [-0.2, 0) is 28.6 Å². The second kappa shape index (κ2) is 16.7. The number of rotatable bonds is 12. The van der Waals surface area contributed by atoms with E-state index in [4.69, 9.17) is 14.2 Å². The highest BCUT2D eigenvalue weighted by Crippen LogP contribution is 2.62. The minimum Gasteiger partial charge on any atom is -0.423 e. The van der Waals surface area contributed by atoms with Gasteiger partial charge in [-0.1, -0.05) is 38.1 Å². The van der Waals surface area contributed by atoms with Crippen LogP contribution in [-0.4, -0.2) is 142 Å². The van der Waals surface area contributed by atoms with E-state index in [1.54, 1.807) is 24.3 Å². The summed E-state index contributed by atoms with van der Waals surface area (Å²) in [6.07, 6.45) is -0.337. The van der Waals surface area contributed by atoms with Crippen molar-refractivity contribution in [1.82, 2.24) is 15.1 Å². The summed E-state index contributed by atoms with van der Waals surface area (Å²) in [5, 5.41) is 57.9. The van der Waals surface area contributed by atoms with Gasteiger partial charge in [0.2, 0.25) is 11.8 Å². The maximum absolute atomic E-state index is 13.1. The van der Waals surface area contributed by atoms with Crippen LogP contribution in [0, 0.1) is 34.5 Å². The van der Waals surface area contributed by atoms with Gasteiger partial charge in [0.1, 0.15) is 36.6 Å². The third-order valence-electron chi connectivity index (χ3n) is 14.8. The topological polar surface area (TPSA) is 211 Å². The summed E-state index contributed by atoms with van der Waals surface area (Å²) < 4.78 is 17.6. The SMILES string of the molecule is C=C1CCC2[C@](C)(CC[C@@H](OC3OC(CO)C(O)C(O)C3O)[C@@]2(C)CO)C1CCC1=CC(=Cc2ccc(NC(=O)CC(=O)NC3C4CN5CC3CN(C4)C5)cc2)OC1=O. The minimum atomic E-state index is -1.56. The fourth-order valence-corrected chi connectivity index (χ4v) is 11.9. The van der Waals surface area contributed by atoms with Gasteiger partial charge in [-0.2, -0.15) is 0 Å². The van der Waals surface area contributed by atoms with Crippen LogP contribution in [0.25, 0.3) is 6.08 Å². The second-order valence-corrected chi connectivity index (χ2v) is 18.7. The van der Waals surface area contributed by atoms with E-state index in [1.807, 2.05) is 19.1 Å². The van der Waals surface area contributed by atoms with Crippen molar-refractivity contribution in [1.29, 1.82) is 0 Å². The zero-order chi connectivity index (χ0) is 41.8. The first-order chi connectivity index (χ1) is 28.2. The molecule has 10 atom stereocenters. The number of esters is 1. The molecule has 322 valence electrons. The molecule has 6 aliphatic heterocycles. The molecule has 4 bridgehead atoms. The summed E-state index contributed by atoms with van der Waals surface area (Å²) in [5.74, 6) is 0.228. The van der Waals surface area contributed by atoms with Crippen LogP contribution in [0.1, 0.15) is 64.4 Å². The molecule has 1 aromatic rings.